The van der Waals surface area contributed by atoms with Gasteiger partial charge in [-0.1, -0.05) is 56.3 Å². The van der Waals surface area contributed by atoms with Crippen molar-refractivity contribution in [1.82, 2.24) is 5.32 Å². The lowest BCUT2D eigenvalue weighted by molar-refractivity contribution is -0.136. The summed E-state index contributed by atoms with van der Waals surface area (Å²) in [5.74, 6) is 1.34. The van der Waals surface area contributed by atoms with Gasteiger partial charge in [-0.15, -0.1) is 0 Å². The third kappa shape index (κ3) is 3.04. The van der Waals surface area contributed by atoms with E-state index in [1.807, 2.05) is 42.5 Å². The van der Waals surface area contributed by atoms with E-state index in [-0.39, 0.29) is 34.6 Å². The van der Waals surface area contributed by atoms with E-state index in [1.54, 1.807) is 6.07 Å². The van der Waals surface area contributed by atoms with Crippen molar-refractivity contribution >= 4 is 5.91 Å². The normalized spacial score (nSPS) is 33.8. The van der Waals surface area contributed by atoms with E-state index in [0.29, 0.717) is 24.9 Å². The molecule has 158 valence electrons. The number of carbonyl (C=O) groups is 1. The van der Waals surface area contributed by atoms with E-state index in [9.17, 15) is 9.90 Å². The smallest absolute Gasteiger partial charge is 0.224 e. The highest BCUT2D eigenvalue weighted by Crippen LogP contribution is 2.70. The van der Waals surface area contributed by atoms with Gasteiger partial charge in [-0.2, -0.15) is 0 Å². The summed E-state index contributed by atoms with van der Waals surface area (Å²) in [5, 5.41) is 13.5. The van der Waals surface area contributed by atoms with E-state index in [1.165, 1.54) is 0 Å². The summed E-state index contributed by atoms with van der Waals surface area (Å²) in [6.07, 6.45) is 3.67. The molecule has 2 aromatic rings. The molecule has 5 atom stereocenters. The van der Waals surface area contributed by atoms with Gasteiger partial charge in [0, 0.05) is 12.6 Å². The van der Waals surface area contributed by atoms with Gasteiger partial charge >= 0.3 is 0 Å². The molecule has 1 amide bonds. The van der Waals surface area contributed by atoms with Crippen LogP contribution in [-0.2, 0) is 16.0 Å². The zero-order valence-electron chi connectivity index (χ0n) is 17.8. The zero-order chi connectivity index (χ0) is 20.9. The standard InChI is InChI=1S/C26H31NO3/c1-25(2)19-15-21-23(18-9-6-10-20(28)14-18)30-12-11-26(21,16-19)24(25)27-22(29)13-17-7-4-3-5-8-17/h3-10,14,19,21,23-24,28H,11-13,15-16H2,1-2H3,(H,27,29)/t19-,21-,23-,24+,26-/m1/s1. The summed E-state index contributed by atoms with van der Waals surface area (Å²) in [6, 6.07) is 17.6. The van der Waals surface area contributed by atoms with Crippen LogP contribution < -0.4 is 5.32 Å². The number of phenols is 1. The molecule has 4 nitrogen and oxygen atoms in total. The molecule has 3 fully saturated rings. The fourth-order valence-electron chi connectivity index (χ4n) is 6.81. The van der Waals surface area contributed by atoms with Gasteiger partial charge in [0.25, 0.3) is 0 Å². The van der Waals surface area contributed by atoms with E-state index >= 15 is 0 Å². The summed E-state index contributed by atoms with van der Waals surface area (Å²) in [5.41, 5.74) is 2.24. The minimum absolute atomic E-state index is 0.0134. The van der Waals surface area contributed by atoms with Gasteiger partial charge < -0.3 is 15.2 Å². The van der Waals surface area contributed by atoms with Crippen molar-refractivity contribution in [2.24, 2.45) is 22.7 Å². The molecule has 2 aliphatic carbocycles. The molecule has 5 rings (SSSR count). The molecule has 2 aromatic carbocycles. The Kier molecular flexibility index (Phi) is 4.66. The van der Waals surface area contributed by atoms with E-state index < -0.39 is 0 Å². The number of fused-ring (bicyclic) bond motifs is 1. The van der Waals surface area contributed by atoms with Crippen LogP contribution >= 0.6 is 0 Å². The second kappa shape index (κ2) is 7.12. The second-order valence-corrected chi connectivity index (χ2v) is 10.1. The SMILES string of the molecule is CC1(C)[C@@H]2C[C@@H]3[C@@H](c4cccc(O)c4)OCC[C@]3(C2)[C@H]1NC(=O)Cc1ccccc1. The lowest BCUT2D eigenvalue weighted by Crippen LogP contribution is -2.59. The van der Waals surface area contributed by atoms with Gasteiger partial charge in [-0.3, -0.25) is 4.79 Å². The predicted molar refractivity (Wildman–Crippen MR) is 116 cm³/mol. The Morgan fingerprint density at radius 2 is 1.97 bits per heavy atom. The molecule has 1 heterocycles. The lowest BCUT2D eigenvalue weighted by Gasteiger charge is -2.53. The Balaban J connectivity index is 1.42. The quantitative estimate of drug-likeness (QED) is 0.779. The number of phenolic OH excluding ortho intramolecular Hbond substituents is 1. The number of rotatable bonds is 4. The van der Waals surface area contributed by atoms with Gasteiger partial charge in [-0.25, -0.2) is 0 Å². The summed E-state index contributed by atoms with van der Waals surface area (Å²) >= 11 is 0. The van der Waals surface area contributed by atoms with Gasteiger partial charge in [-0.05, 0) is 65.2 Å². The van der Waals surface area contributed by atoms with Crippen LogP contribution in [0.3, 0.4) is 0 Å². The molecule has 4 heteroatoms. The van der Waals surface area contributed by atoms with Crippen molar-refractivity contribution in [1.29, 1.82) is 0 Å². The van der Waals surface area contributed by atoms with E-state index in [4.69, 9.17) is 4.74 Å². The number of carbonyl (C=O) groups excluding carboxylic acids is 1. The summed E-state index contributed by atoms with van der Waals surface area (Å²) in [7, 11) is 0. The fraction of sp³-hybridized carbons (Fsp3) is 0.500. The van der Waals surface area contributed by atoms with E-state index in [0.717, 1.165) is 30.4 Å². The first-order valence-electron chi connectivity index (χ1n) is 11.1. The molecular formula is C26H31NO3. The first kappa shape index (κ1) is 19.6. The topological polar surface area (TPSA) is 58.6 Å². The number of aromatic hydroxyl groups is 1. The van der Waals surface area contributed by atoms with Gasteiger partial charge in [0.2, 0.25) is 5.91 Å². The van der Waals surface area contributed by atoms with Gasteiger partial charge in [0.05, 0.1) is 12.5 Å². The van der Waals surface area contributed by atoms with Crippen molar-refractivity contribution in [2.45, 2.75) is 51.7 Å². The Morgan fingerprint density at radius 1 is 1.17 bits per heavy atom. The number of nitrogens with one attached hydrogen (secondary N) is 1. The molecule has 2 N–H and O–H groups in total. The highest BCUT2D eigenvalue weighted by atomic mass is 16.5. The first-order chi connectivity index (χ1) is 14.4. The van der Waals surface area contributed by atoms with Crippen LogP contribution in [0.2, 0.25) is 0 Å². The van der Waals surface area contributed by atoms with Crippen molar-refractivity contribution in [3.05, 3.63) is 65.7 Å². The van der Waals surface area contributed by atoms with Gasteiger partial charge in [0.1, 0.15) is 5.75 Å². The van der Waals surface area contributed by atoms with Crippen molar-refractivity contribution in [3.8, 4) is 5.75 Å². The predicted octanol–water partition coefficient (Wildman–Crippen LogP) is 4.63. The third-order valence-corrected chi connectivity index (χ3v) is 8.22. The summed E-state index contributed by atoms with van der Waals surface area (Å²) < 4.78 is 6.27. The highest BCUT2D eigenvalue weighted by Gasteiger charge is 2.68. The molecule has 30 heavy (non-hydrogen) atoms. The molecular weight excluding hydrogens is 374 g/mol. The largest absolute Gasteiger partial charge is 0.508 e. The Hall–Kier alpha value is -2.33. The zero-order valence-corrected chi connectivity index (χ0v) is 17.8. The molecule has 3 aliphatic rings. The second-order valence-electron chi connectivity index (χ2n) is 10.1. The average molecular weight is 406 g/mol. The molecule has 0 unspecified atom stereocenters. The summed E-state index contributed by atoms with van der Waals surface area (Å²) in [4.78, 5) is 13.0. The Bertz CT molecular complexity index is 940. The van der Waals surface area contributed by atoms with Gasteiger partial charge in [0.15, 0.2) is 0 Å². The van der Waals surface area contributed by atoms with Crippen LogP contribution in [0.5, 0.6) is 5.75 Å². The maximum atomic E-state index is 13.0. The lowest BCUT2D eigenvalue weighted by atomic mass is 9.59. The first-order valence-corrected chi connectivity index (χ1v) is 11.1. The molecule has 2 saturated carbocycles. The van der Waals surface area contributed by atoms with Crippen LogP contribution in [0.25, 0.3) is 0 Å². The highest BCUT2D eigenvalue weighted by molar-refractivity contribution is 5.79. The number of amides is 1. The maximum absolute atomic E-state index is 13.0. The monoisotopic (exact) mass is 405 g/mol. The molecule has 0 aromatic heterocycles. The number of hydrogen-bond acceptors (Lipinski definition) is 3. The minimum Gasteiger partial charge on any atom is -0.508 e. The van der Waals surface area contributed by atoms with Crippen LogP contribution in [0, 0.1) is 22.7 Å². The molecule has 0 radical (unpaired) electrons. The fourth-order valence-corrected chi connectivity index (χ4v) is 6.81. The Labute approximate surface area is 178 Å². The van der Waals surface area contributed by atoms with Crippen LogP contribution in [-0.4, -0.2) is 23.7 Å². The minimum atomic E-state index is -0.0134. The van der Waals surface area contributed by atoms with Crippen molar-refractivity contribution < 1.29 is 14.6 Å². The van der Waals surface area contributed by atoms with Crippen LogP contribution in [0.1, 0.15) is 50.3 Å². The molecule has 1 aliphatic heterocycles. The van der Waals surface area contributed by atoms with Crippen molar-refractivity contribution in [3.63, 3.8) is 0 Å². The van der Waals surface area contributed by atoms with Crippen molar-refractivity contribution in [2.75, 3.05) is 6.61 Å². The number of benzene rings is 2. The summed E-state index contributed by atoms with van der Waals surface area (Å²) in [6.45, 7) is 5.36. The molecule has 1 spiro atoms. The third-order valence-electron chi connectivity index (χ3n) is 8.22. The Morgan fingerprint density at radius 3 is 2.73 bits per heavy atom. The molecule has 1 saturated heterocycles. The molecule has 2 bridgehead atoms. The number of hydrogen-bond donors (Lipinski definition) is 2. The maximum Gasteiger partial charge on any atom is 0.224 e. The number of ether oxygens (including phenoxy) is 1. The van der Waals surface area contributed by atoms with Crippen LogP contribution in [0.4, 0.5) is 0 Å². The van der Waals surface area contributed by atoms with Crippen LogP contribution in [0.15, 0.2) is 54.6 Å². The average Bonchev–Trinajstić information content (AvgIpc) is 3.21. The van der Waals surface area contributed by atoms with E-state index in [2.05, 4.69) is 25.2 Å².